The smallest absolute Gasteiger partial charge is 0.147 e. The number of pyridine rings is 1. The maximum atomic E-state index is 6.06. The van der Waals surface area contributed by atoms with Crippen molar-refractivity contribution in [1.29, 1.82) is 0 Å². The maximum Gasteiger partial charge on any atom is 0.147 e. The maximum absolute atomic E-state index is 6.06. The number of hydrogen-bond donors (Lipinski definition) is 0. The molecule has 1 rings (SSSR count). The van der Waals surface area contributed by atoms with Crippen LogP contribution in [0.25, 0.3) is 0 Å². The third-order valence-corrected chi connectivity index (χ3v) is 3.08. The molecule has 0 radical (unpaired) electrons. The van der Waals surface area contributed by atoms with Crippen LogP contribution in [-0.2, 0) is 0 Å². The first-order valence-electron chi connectivity index (χ1n) is 4.16. The molecule has 0 amide bonds. The Hall–Kier alpha value is 0.0700. The lowest BCUT2D eigenvalue weighted by molar-refractivity contribution is 0.946. The highest BCUT2D eigenvalue weighted by molar-refractivity contribution is 9.10. The molecule has 78 valence electrons. The van der Waals surface area contributed by atoms with Crippen molar-refractivity contribution >= 4 is 45.1 Å². The van der Waals surface area contributed by atoms with Crippen molar-refractivity contribution in [2.45, 2.75) is 0 Å². The SMILES string of the molecule is CSCCN(C)c1ncc(Br)cc1Cl. The summed E-state index contributed by atoms with van der Waals surface area (Å²) in [5.41, 5.74) is 0. The van der Waals surface area contributed by atoms with Crippen molar-refractivity contribution in [2.75, 3.05) is 30.5 Å². The zero-order chi connectivity index (χ0) is 10.6. The van der Waals surface area contributed by atoms with E-state index in [2.05, 4.69) is 32.1 Å². The van der Waals surface area contributed by atoms with Gasteiger partial charge in [-0.1, -0.05) is 11.6 Å². The van der Waals surface area contributed by atoms with Gasteiger partial charge >= 0.3 is 0 Å². The molecule has 0 spiro atoms. The molecule has 0 unspecified atom stereocenters. The number of hydrogen-bond acceptors (Lipinski definition) is 3. The van der Waals surface area contributed by atoms with Crippen LogP contribution in [0, 0.1) is 0 Å². The van der Waals surface area contributed by atoms with Crippen molar-refractivity contribution in [3.63, 3.8) is 0 Å². The van der Waals surface area contributed by atoms with Crippen LogP contribution in [0.2, 0.25) is 5.02 Å². The van der Waals surface area contributed by atoms with Gasteiger partial charge in [0, 0.05) is 30.0 Å². The Morgan fingerprint density at radius 1 is 1.64 bits per heavy atom. The first kappa shape index (κ1) is 12.1. The van der Waals surface area contributed by atoms with Gasteiger partial charge in [-0.25, -0.2) is 4.98 Å². The van der Waals surface area contributed by atoms with Crippen molar-refractivity contribution in [2.24, 2.45) is 0 Å². The van der Waals surface area contributed by atoms with Crippen molar-refractivity contribution < 1.29 is 0 Å². The van der Waals surface area contributed by atoms with Crippen LogP contribution >= 0.6 is 39.3 Å². The Labute approximate surface area is 102 Å². The summed E-state index contributed by atoms with van der Waals surface area (Å²) in [6.07, 6.45) is 3.85. The lowest BCUT2D eigenvalue weighted by Gasteiger charge is -2.18. The summed E-state index contributed by atoms with van der Waals surface area (Å²) in [5, 5.41) is 0.683. The Balaban J connectivity index is 2.74. The minimum absolute atomic E-state index is 0.683. The summed E-state index contributed by atoms with van der Waals surface area (Å²) in [6.45, 7) is 0.954. The van der Waals surface area contributed by atoms with Crippen molar-refractivity contribution in [3.05, 3.63) is 21.8 Å². The lowest BCUT2D eigenvalue weighted by Crippen LogP contribution is -2.21. The lowest BCUT2D eigenvalue weighted by atomic mass is 10.4. The standard InChI is InChI=1S/C9H12BrClN2S/c1-13(3-4-14-2)9-8(11)5-7(10)6-12-9/h5-6H,3-4H2,1-2H3. The highest BCUT2D eigenvalue weighted by atomic mass is 79.9. The fourth-order valence-corrected chi connectivity index (χ4v) is 2.25. The van der Waals surface area contributed by atoms with Crippen molar-refractivity contribution in [3.8, 4) is 0 Å². The second-order valence-corrected chi connectivity index (χ2v) is 5.18. The number of thioether (sulfide) groups is 1. The molecule has 14 heavy (non-hydrogen) atoms. The van der Waals surface area contributed by atoms with Crippen LogP contribution in [0.1, 0.15) is 0 Å². The van der Waals surface area contributed by atoms with Crippen LogP contribution in [0.4, 0.5) is 5.82 Å². The highest BCUT2D eigenvalue weighted by Gasteiger charge is 2.07. The van der Waals surface area contributed by atoms with E-state index in [0.717, 1.165) is 22.6 Å². The summed E-state index contributed by atoms with van der Waals surface area (Å²) in [4.78, 5) is 6.33. The number of nitrogens with zero attached hydrogens (tertiary/aromatic N) is 2. The average molecular weight is 296 g/mol. The molecule has 0 bridgehead atoms. The second-order valence-electron chi connectivity index (χ2n) is 2.87. The summed E-state index contributed by atoms with van der Waals surface area (Å²) >= 11 is 11.2. The summed E-state index contributed by atoms with van der Waals surface area (Å²) in [6, 6.07) is 1.86. The fourth-order valence-electron chi connectivity index (χ4n) is 1.02. The minimum atomic E-state index is 0.683. The first-order chi connectivity index (χ1) is 6.65. The quantitative estimate of drug-likeness (QED) is 0.848. The zero-order valence-electron chi connectivity index (χ0n) is 8.13. The van der Waals surface area contributed by atoms with E-state index in [1.807, 2.05) is 24.9 Å². The molecule has 0 aliphatic carbocycles. The molecule has 1 aromatic rings. The molecule has 0 aliphatic rings. The van der Waals surface area contributed by atoms with Gasteiger partial charge in [0.15, 0.2) is 0 Å². The molecule has 0 aliphatic heterocycles. The average Bonchev–Trinajstić information content (AvgIpc) is 2.14. The highest BCUT2D eigenvalue weighted by Crippen LogP contribution is 2.25. The normalized spacial score (nSPS) is 10.3. The van der Waals surface area contributed by atoms with Gasteiger partial charge in [0.05, 0.1) is 5.02 Å². The van der Waals surface area contributed by atoms with Crippen molar-refractivity contribution in [1.82, 2.24) is 4.98 Å². The minimum Gasteiger partial charge on any atom is -0.358 e. The molecule has 0 atom stereocenters. The van der Waals surface area contributed by atoms with E-state index in [0.29, 0.717) is 5.02 Å². The summed E-state index contributed by atoms with van der Waals surface area (Å²) in [7, 11) is 2.00. The first-order valence-corrected chi connectivity index (χ1v) is 6.72. The number of halogens is 2. The fraction of sp³-hybridized carbons (Fsp3) is 0.444. The van der Waals surface area contributed by atoms with Gasteiger partial charge in [-0.3, -0.25) is 0 Å². The van der Waals surface area contributed by atoms with Crippen LogP contribution in [0.3, 0.4) is 0 Å². The molecule has 0 fully saturated rings. The Morgan fingerprint density at radius 3 is 2.93 bits per heavy atom. The van der Waals surface area contributed by atoms with Gasteiger partial charge in [-0.15, -0.1) is 0 Å². The zero-order valence-corrected chi connectivity index (χ0v) is 11.3. The largest absolute Gasteiger partial charge is 0.358 e. The molecule has 2 nitrogen and oxygen atoms in total. The molecular formula is C9H12BrClN2S. The van der Waals surface area contributed by atoms with Gasteiger partial charge < -0.3 is 4.90 Å². The van der Waals surface area contributed by atoms with Gasteiger partial charge in [-0.2, -0.15) is 11.8 Å². The van der Waals surface area contributed by atoms with Gasteiger partial charge in [0.25, 0.3) is 0 Å². The van der Waals surface area contributed by atoms with Gasteiger partial charge in [0.1, 0.15) is 5.82 Å². The van der Waals surface area contributed by atoms with Crippen LogP contribution in [-0.4, -0.2) is 30.6 Å². The monoisotopic (exact) mass is 294 g/mol. The summed E-state index contributed by atoms with van der Waals surface area (Å²) in [5.74, 6) is 1.91. The predicted molar refractivity (Wildman–Crippen MR) is 68.6 cm³/mol. The van der Waals surface area contributed by atoms with Crippen LogP contribution in [0.15, 0.2) is 16.7 Å². The van der Waals surface area contributed by atoms with E-state index < -0.39 is 0 Å². The van der Waals surface area contributed by atoms with E-state index in [1.54, 1.807) is 6.20 Å². The van der Waals surface area contributed by atoms with Gasteiger partial charge in [0.2, 0.25) is 0 Å². The third kappa shape index (κ3) is 3.33. The van der Waals surface area contributed by atoms with E-state index in [9.17, 15) is 0 Å². The predicted octanol–water partition coefficient (Wildman–Crippen LogP) is 3.30. The Kier molecular flexibility index (Phi) is 5.06. The molecule has 0 saturated heterocycles. The number of rotatable bonds is 4. The van der Waals surface area contributed by atoms with E-state index >= 15 is 0 Å². The molecular weight excluding hydrogens is 284 g/mol. The molecule has 0 aromatic carbocycles. The molecule has 1 aromatic heterocycles. The topological polar surface area (TPSA) is 16.1 Å². The van der Waals surface area contributed by atoms with Crippen LogP contribution in [0.5, 0.6) is 0 Å². The Bertz CT molecular complexity index is 309. The molecule has 5 heteroatoms. The van der Waals surface area contributed by atoms with E-state index in [4.69, 9.17) is 11.6 Å². The number of aromatic nitrogens is 1. The second kappa shape index (κ2) is 5.83. The van der Waals surface area contributed by atoms with E-state index in [-0.39, 0.29) is 0 Å². The van der Waals surface area contributed by atoms with Crippen LogP contribution < -0.4 is 4.90 Å². The molecule has 1 heterocycles. The number of anilines is 1. The van der Waals surface area contributed by atoms with E-state index in [1.165, 1.54) is 0 Å². The molecule has 0 N–H and O–H groups in total. The Morgan fingerprint density at radius 2 is 2.36 bits per heavy atom. The third-order valence-electron chi connectivity index (χ3n) is 1.78. The molecule has 0 saturated carbocycles. The van der Waals surface area contributed by atoms with Gasteiger partial charge in [-0.05, 0) is 28.3 Å². The summed E-state index contributed by atoms with van der Waals surface area (Å²) < 4.78 is 0.907.